The molecular formula is C20H28N4O. The van der Waals surface area contributed by atoms with Crippen molar-refractivity contribution in [2.45, 2.75) is 40.3 Å². The largest absolute Gasteiger partial charge is 0.346 e. The molecule has 2 aromatic rings. The number of carbonyl (C=O) groups is 1. The van der Waals surface area contributed by atoms with Crippen LogP contribution in [0.1, 0.15) is 47.3 Å². The van der Waals surface area contributed by atoms with Crippen LogP contribution in [0, 0.1) is 13.8 Å². The monoisotopic (exact) mass is 340 g/mol. The molecule has 0 atom stereocenters. The number of piperazine rings is 1. The van der Waals surface area contributed by atoms with Gasteiger partial charge in [0.25, 0.3) is 5.91 Å². The molecule has 1 aliphatic heterocycles. The number of hydrogen-bond acceptors (Lipinski definition) is 3. The van der Waals surface area contributed by atoms with Gasteiger partial charge in [-0.15, -0.1) is 0 Å². The first-order valence-corrected chi connectivity index (χ1v) is 9.07. The lowest BCUT2D eigenvalue weighted by Gasteiger charge is -2.34. The molecule has 1 aliphatic rings. The molecule has 3 rings (SSSR count). The van der Waals surface area contributed by atoms with Crippen molar-refractivity contribution in [3.05, 3.63) is 53.1 Å². The second-order valence-corrected chi connectivity index (χ2v) is 7.14. The van der Waals surface area contributed by atoms with Crippen LogP contribution in [-0.2, 0) is 6.54 Å². The number of carbonyl (C=O) groups excluding carboxylic acids is 1. The van der Waals surface area contributed by atoms with Gasteiger partial charge in [-0.3, -0.25) is 14.7 Å². The number of pyridine rings is 1. The van der Waals surface area contributed by atoms with E-state index in [1.54, 1.807) is 0 Å². The zero-order valence-corrected chi connectivity index (χ0v) is 15.7. The topological polar surface area (TPSA) is 41.4 Å². The first-order valence-electron chi connectivity index (χ1n) is 9.07. The van der Waals surface area contributed by atoms with Gasteiger partial charge in [0.1, 0.15) is 0 Å². The summed E-state index contributed by atoms with van der Waals surface area (Å²) < 4.78 is 2.24. The second kappa shape index (κ2) is 7.40. The van der Waals surface area contributed by atoms with E-state index < -0.39 is 0 Å². The highest BCUT2D eigenvalue weighted by atomic mass is 16.2. The molecule has 134 valence electrons. The van der Waals surface area contributed by atoms with Crippen LogP contribution in [0.4, 0.5) is 0 Å². The van der Waals surface area contributed by atoms with Gasteiger partial charge in [-0.25, -0.2) is 0 Å². The van der Waals surface area contributed by atoms with Crippen LogP contribution < -0.4 is 0 Å². The number of amides is 1. The number of rotatable bonds is 4. The van der Waals surface area contributed by atoms with Gasteiger partial charge in [0.05, 0.1) is 11.3 Å². The number of aromatic nitrogens is 2. The van der Waals surface area contributed by atoms with Crippen molar-refractivity contribution in [2.24, 2.45) is 0 Å². The fourth-order valence-electron chi connectivity index (χ4n) is 3.79. The third-order valence-corrected chi connectivity index (χ3v) is 5.00. The molecule has 0 N–H and O–H groups in total. The molecule has 0 spiro atoms. The summed E-state index contributed by atoms with van der Waals surface area (Å²) in [5.41, 5.74) is 4.17. The Bertz CT molecular complexity index is 728. The highest BCUT2D eigenvalue weighted by Crippen LogP contribution is 2.22. The highest BCUT2D eigenvalue weighted by Gasteiger charge is 2.25. The third kappa shape index (κ3) is 3.76. The maximum atomic E-state index is 13.0. The second-order valence-electron chi connectivity index (χ2n) is 7.14. The summed E-state index contributed by atoms with van der Waals surface area (Å²) in [4.78, 5) is 21.7. The third-order valence-electron chi connectivity index (χ3n) is 5.00. The van der Waals surface area contributed by atoms with Gasteiger partial charge in [0.2, 0.25) is 0 Å². The van der Waals surface area contributed by atoms with Crippen molar-refractivity contribution in [1.29, 1.82) is 0 Å². The Morgan fingerprint density at radius 1 is 1.16 bits per heavy atom. The Kier molecular flexibility index (Phi) is 5.23. The van der Waals surface area contributed by atoms with E-state index in [9.17, 15) is 4.79 Å². The first-order chi connectivity index (χ1) is 12.0. The molecule has 5 heteroatoms. The van der Waals surface area contributed by atoms with Crippen LogP contribution in [0.25, 0.3) is 0 Å². The molecule has 0 saturated carbocycles. The molecular weight excluding hydrogens is 312 g/mol. The van der Waals surface area contributed by atoms with Gasteiger partial charge >= 0.3 is 0 Å². The standard InChI is InChI=1S/C20H28N4O/c1-15(2)24-16(3)13-19(17(24)4)20(25)23-11-9-22(10-12-23)14-18-7-5-6-8-21-18/h5-8,13,15H,9-12,14H2,1-4H3. The van der Waals surface area contributed by atoms with Crippen molar-refractivity contribution in [3.63, 3.8) is 0 Å². The number of hydrogen-bond donors (Lipinski definition) is 0. The smallest absolute Gasteiger partial charge is 0.255 e. The predicted molar refractivity (Wildman–Crippen MR) is 99.7 cm³/mol. The summed E-state index contributed by atoms with van der Waals surface area (Å²) in [7, 11) is 0. The molecule has 0 unspecified atom stereocenters. The van der Waals surface area contributed by atoms with Crippen LogP contribution in [0.5, 0.6) is 0 Å². The lowest BCUT2D eigenvalue weighted by atomic mass is 10.2. The molecule has 5 nitrogen and oxygen atoms in total. The summed E-state index contributed by atoms with van der Waals surface area (Å²) in [5.74, 6) is 0.164. The van der Waals surface area contributed by atoms with Crippen molar-refractivity contribution < 1.29 is 4.79 Å². The number of nitrogens with zero attached hydrogens (tertiary/aromatic N) is 4. The Morgan fingerprint density at radius 2 is 1.88 bits per heavy atom. The van der Waals surface area contributed by atoms with Crippen LogP contribution in [0.3, 0.4) is 0 Å². The van der Waals surface area contributed by atoms with Crippen molar-refractivity contribution >= 4 is 5.91 Å². The van der Waals surface area contributed by atoms with Gasteiger partial charge in [-0.05, 0) is 45.9 Å². The fraction of sp³-hybridized carbons (Fsp3) is 0.500. The molecule has 1 fully saturated rings. The summed E-state index contributed by atoms with van der Waals surface area (Å²) in [6.07, 6.45) is 1.83. The van der Waals surface area contributed by atoms with Gasteiger partial charge in [0.15, 0.2) is 0 Å². The predicted octanol–water partition coefficient (Wildman–Crippen LogP) is 3.04. The summed E-state index contributed by atoms with van der Waals surface area (Å²) in [6, 6.07) is 8.42. The van der Waals surface area contributed by atoms with E-state index >= 15 is 0 Å². The maximum Gasteiger partial charge on any atom is 0.255 e. The fourth-order valence-corrected chi connectivity index (χ4v) is 3.79. The van der Waals surface area contributed by atoms with Crippen LogP contribution in [0.15, 0.2) is 30.5 Å². The SMILES string of the molecule is Cc1cc(C(=O)N2CCN(Cc3ccccn3)CC2)c(C)n1C(C)C. The van der Waals surface area contributed by atoms with Crippen molar-refractivity contribution in [3.8, 4) is 0 Å². The quantitative estimate of drug-likeness (QED) is 0.859. The highest BCUT2D eigenvalue weighted by molar-refractivity contribution is 5.95. The Hall–Kier alpha value is -2.14. The Labute approximate surface area is 150 Å². The van der Waals surface area contributed by atoms with Crippen molar-refractivity contribution in [1.82, 2.24) is 19.4 Å². The molecule has 25 heavy (non-hydrogen) atoms. The summed E-state index contributed by atoms with van der Waals surface area (Å²) in [5, 5.41) is 0. The van der Waals surface area contributed by atoms with Crippen LogP contribution >= 0.6 is 0 Å². The van der Waals surface area contributed by atoms with Gasteiger partial charge in [-0.2, -0.15) is 0 Å². The molecule has 1 amide bonds. The maximum absolute atomic E-state index is 13.0. The minimum Gasteiger partial charge on any atom is -0.346 e. The van der Waals surface area contributed by atoms with E-state index in [0.29, 0.717) is 6.04 Å². The Balaban J connectivity index is 1.63. The summed E-state index contributed by atoms with van der Waals surface area (Å²) in [6.45, 7) is 12.6. The Morgan fingerprint density at radius 3 is 2.44 bits per heavy atom. The molecule has 0 aliphatic carbocycles. The van der Waals surface area contributed by atoms with E-state index in [1.807, 2.05) is 29.3 Å². The minimum atomic E-state index is 0.164. The zero-order valence-electron chi connectivity index (χ0n) is 15.7. The first kappa shape index (κ1) is 17.7. The normalized spacial score (nSPS) is 15.8. The molecule has 2 aromatic heterocycles. The molecule has 0 aromatic carbocycles. The van der Waals surface area contributed by atoms with Crippen molar-refractivity contribution in [2.75, 3.05) is 26.2 Å². The van der Waals surface area contributed by atoms with E-state index in [-0.39, 0.29) is 5.91 Å². The lowest BCUT2D eigenvalue weighted by molar-refractivity contribution is 0.0626. The zero-order chi connectivity index (χ0) is 18.0. The molecule has 3 heterocycles. The average molecular weight is 340 g/mol. The molecule has 0 radical (unpaired) electrons. The molecule has 0 bridgehead atoms. The van der Waals surface area contributed by atoms with E-state index in [0.717, 1.165) is 55.4 Å². The average Bonchev–Trinajstić information content (AvgIpc) is 2.90. The van der Waals surface area contributed by atoms with Gasteiger partial charge in [-0.1, -0.05) is 6.07 Å². The van der Waals surface area contributed by atoms with E-state index in [2.05, 4.69) is 48.2 Å². The van der Waals surface area contributed by atoms with Crippen LogP contribution in [0.2, 0.25) is 0 Å². The van der Waals surface area contributed by atoms with E-state index in [4.69, 9.17) is 0 Å². The van der Waals surface area contributed by atoms with Gasteiger partial charge in [0, 0.05) is 56.4 Å². The molecule has 1 saturated heterocycles. The van der Waals surface area contributed by atoms with Gasteiger partial charge < -0.3 is 9.47 Å². The lowest BCUT2D eigenvalue weighted by Crippen LogP contribution is -2.48. The summed E-state index contributed by atoms with van der Waals surface area (Å²) >= 11 is 0. The number of aryl methyl sites for hydroxylation is 1. The van der Waals surface area contributed by atoms with Crippen LogP contribution in [-0.4, -0.2) is 51.4 Å². The minimum absolute atomic E-state index is 0.164. The van der Waals surface area contributed by atoms with E-state index in [1.165, 1.54) is 0 Å².